The maximum Gasteiger partial charge on any atom is 0.231 e. The van der Waals surface area contributed by atoms with Gasteiger partial charge in [-0.25, -0.2) is 10.2 Å². The Hall–Kier alpha value is -0.990. The van der Waals surface area contributed by atoms with Crippen molar-refractivity contribution in [3.8, 4) is 0 Å². The van der Waals surface area contributed by atoms with Crippen LogP contribution in [0.5, 0.6) is 0 Å². The van der Waals surface area contributed by atoms with E-state index in [2.05, 4.69) is 0 Å². The van der Waals surface area contributed by atoms with E-state index in [9.17, 15) is 4.79 Å². The highest BCUT2D eigenvalue weighted by Gasteiger charge is 2.30. The van der Waals surface area contributed by atoms with Gasteiger partial charge in [0, 0.05) is 12.8 Å². The Morgan fingerprint density at radius 3 is 2.27 bits per heavy atom. The molecule has 0 amide bonds. The van der Waals surface area contributed by atoms with E-state index in [0.717, 1.165) is 30.8 Å². The molecule has 4 nitrogen and oxygen atoms in total. The van der Waals surface area contributed by atoms with Crippen LogP contribution >= 0.6 is 0 Å². The highest BCUT2D eigenvalue weighted by Crippen LogP contribution is 2.38. The number of hydrogen-bond donors (Lipinski definition) is 1. The average molecular weight is 213 g/mol. The lowest BCUT2D eigenvalue weighted by Gasteiger charge is -2.34. The van der Waals surface area contributed by atoms with Crippen molar-refractivity contribution in [2.24, 2.45) is 11.8 Å². The van der Waals surface area contributed by atoms with Crippen molar-refractivity contribution >= 4 is 11.9 Å². The van der Waals surface area contributed by atoms with Gasteiger partial charge in [0.2, 0.25) is 6.08 Å². The molecule has 15 heavy (non-hydrogen) atoms. The van der Waals surface area contributed by atoms with Gasteiger partial charge in [0.25, 0.3) is 0 Å². The van der Waals surface area contributed by atoms with Crippen LogP contribution in [0.25, 0.3) is 0 Å². The molecule has 86 valence electrons. The van der Waals surface area contributed by atoms with Crippen LogP contribution in [-0.4, -0.2) is 17.3 Å². The lowest BCUT2D eigenvalue weighted by Crippen LogP contribution is -2.27. The third kappa shape index (κ3) is 4.36. The van der Waals surface area contributed by atoms with Gasteiger partial charge in [-0.3, -0.25) is 4.79 Å². The molecule has 2 unspecified atom stereocenters. The van der Waals surface area contributed by atoms with Crippen molar-refractivity contribution in [3.63, 3.8) is 0 Å². The third-order valence-electron chi connectivity index (χ3n) is 3.35. The molecule has 2 saturated carbocycles. The van der Waals surface area contributed by atoms with E-state index in [1.807, 2.05) is 0 Å². The molecule has 0 spiro atoms. The average Bonchev–Trinajstić information content (AvgIpc) is 2.19. The van der Waals surface area contributed by atoms with Gasteiger partial charge in [-0.1, -0.05) is 19.3 Å². The highest BCUT2D eigenvalue weighted by molar-refractivity contribution is 5.79. The Morgan fingerprint density at radius 2 is 1.67 bits per heavy atom. The molecular weight excluding hydrogens is 194 g/mol. The van der Waals surface area contributed by atoms with Gasteiger partial charge in [-0.2, -0.15) is 0 Å². The molecule has 0 aromatic carbocycles. The zero-order valence-corrected chi connectivity index (χ0v) is 8.92. The molecule has 2 rings (SSSR count). The summed E-state index contributed by atoms with van der Waals surface area (Å²) in [4.78, 5) is 19.5. The highest BCUT2D eigenvalue weighted by atomic mass is 16.1. The normalized spacial score (nSPS) is 28.7. The lowest BCUT2D eigenvalue weighted by atomic mass is 9.71. The minimum absolute atomic E-state index is 0. The Labute approximate surface area is 89.9 Å². The number of isocyanates is 1. The zero-order valence-electron chi connectivity index (χ0n) is 8.92. The first-order chi connectivity index (χ1) is 6.77. The number of rotatable bonds is 0. The molecular formula is C11H19NO3. The van der Waals surface area contributed by atoms with Crippen LogP contribution in [0.1, 0.15) is 44.9 Å². The maximum absolute atomic E-state index is 11.1. The summed E-state index contributed by atoms with van der Waals surface area (Å²) in [6.07, 6.45) is 9.24. The number of carbonyl (C=O) groups is 1. The molecule has 3 N–H and O–H groups in total. The molecule has 0 bridgehead atoms. The van der Waals surface area contributed by atoms with E-state index in [-0.39, 0.29) is 5.48 Å². The fourth-order valence-corrected chi connectivity index (χ4v) is 2.67. The van der Waals surface area contributed by atoms with Crippen LogP contribution in [0.3, 0.4) is 0 Å². The largest absolute Gasteiger partial charge is 0.412 e. The zero-order chi connectivity index (χ0) is 10.4. The predicted molar refractivity (Wildman–Crippen MR) is 56.3 cm³/mol. The van der Waals surface area contributed by atoms with Crippen molar-refractivity contribution < 1.29 is 15.1 Å². The second-order valence-corrected chi connectivity index (χ2v) is 4.19. The molecule has 0 radical (unpaired) electrons. The number of carbonyl (C=O) groups excluding carboxylic acids is 2. The monoisotopic (exact) mass is 213 g/mol. The molecule has 0 aromatic rings. The number of fused-ring (bicyclic) bond motifs is 1. The van der Waals surface area contributed by atoms with E-state index < -0.39 is 0 Å². The first kappa shape index (κ1) is 14.0. The Kier molecular flexibility index (Phi) is 6.84. The number of nitrogens with one attached hydrogen (secondary N) is 1. The molecule has 0 heterocycles. The van der Waals surface area contributed by atoms with Crippen LogP contribution in [0, 0.1) is 17.2 Å². The van der Waals surface area contributed by atoms with Gasteiger partial charge in [0.1, 0.15) is 5.78 Å². The fraction of sp³-hybridized carbons (Fsp3) is 0.818. The van der Waals surface area contributed by atoms with Crippen molar-refractivity contribution in [1.82, 2.24) is 0 Å². The van der Waals surface area contributed by atoms with E-state index in [1.54, 1.807) is 0 Å². The summed E-state index contributed by atoms with van der Waals surface area (Å²) in [5.74, 6) is 2.22. The summed E-state index contributed by atoms with van der Waals surface area (Å²) in [7, 11) is 0. The molecule has 2 fully saturated rings. The van der Waals surface area contributed by atoms with Crippen molar-refractivity contribution in [3.05, 3.63) is 0 Å². The smallest absolute Gasteiger partial charge is 0.231 e. The van der Waals surface area contributed by atoms with Gasteiger partial charge in [0.15, 0.2) is 0 Å². The number of ketones is 1. The first-order valence-corrected chi connectivity index (χ1v) is 5.33. The first-order valence-electron chi connectivity index (χ1n) is 5.33. The second-order valence-electron chi connectivity index (χ2n) is 4.19. The summed E-state index contributed by atoms with van der Waals surface area (Å²) in [6.45, 7) is 0. The summed E-state index contributed by atoms with van der Waals surface area (Å²) in [6, 6.07) is 0. The van der Waals surface area contributed by atoms with Crippen LogP contribution in [0.2, 0.25) is 0 Å². The third-order valence-corrected chi connectivity index (χ3v) is 3.35. The van der Waals surface area contributed by atoms with Crippen molar-refractivity contribution in [2.45, 2.75) is 44.9 Å². The van der Waals surface area contributed by atoms with E-state index in [1.165, 1.54) is 32.1 Å². The Bertz CT molecular complexity index is 234. The van der Waals surface area contributed by atoms with Crippen molar-refractivity contribution in [1.29, 1.82) is 5.41 Å². The van der Waals surface area contributed by atoms with Gasteiger partial charge < -0.3 is 5.48 Å². The fourth-order valence-electron chi connectivity index (χ4n) is 2.67. The summed E-state index contributed by atoms with van der Waals surface area (Å²) >= 11 is 0. The minimum atomic E-state index is 0. The van der Waals surface area contributed by atoms with E-state index in [0.29, 0.717) is 5.78 Å². The maximum atomic E-state index is 11.1. The molecule has 2 atom stereocenters. The van der Waals surface area contributed by atoms with E-state index >= 15 is 0 Å². The molecule has 0 saturated heterocycles. The summed E-state index contributed by atoms with van der Waals surface area (Å²) in [5, 5.41) is 5.40. The van der Waals surface area contributed by atoms with Gasteiger partial charge in [0.05, 0.1) is 0 Å². The van der Waals surface area contributed by atoms with E-state index in [4.69, 9.17) is 10.2 Å². The quantitative estimate of drug-likeness (QED) is 0.489. The number of hydrogen-bond acceptors (Lipinski definition) is 3. The molecule has 0 aromatic heterocycles. The van der Waals surface area contributed by atoms with Crippen molar-refractivity contribution in [2.75, 3.05) is 0 Å². The van der Waals surface area contributed by atoms with Gasteiger partial charge in [-0.05, 0) is 24.7 Å². The predicted octanol–water partition coefficient (Wildman–Crippen LogP) is 1.62. The standard InChI is InChI=1S/C10H16O.CHNO.H2O/c11-10-6-5-8-3-1-2-4-9(8)7-10;2-1-3;/h8-9H,1-7H2;2H;1H2. The Morgan fingerprint density at radius 1 is 1.13 bits per heavy atom. The Balaban J connectivity index is 0.000000443. The molecule has 2 aliphatic carbocycles. The molecule has 4 heteroatoms. The lowest BCUT2D eigenvalue weighted by molar-refractivity contribution is -0.123. The van der Waals surface area contributed by atoms with Crippen LogP contribution in [0.4, 0.5) is 0 Å². The van der Waals surface area contributed by atoms with Gasteiger partial charge in [-0.15, -0.1) is 0 Å². The second kappa shape index (κ2) is 7.32. The molecule has 0 aliphatic heterocycles. The SMILES string of the molecule is N=C=O.O.O=C1CCC2CCCCC2C1. The topological polar surface area (TPSA) is 89.5 Å². The summed E-state index contributed by atoms with van der Waals surface area (Å²) < 4.78 is 0. The minimum Gasteiger partial charge on any atom is -0.412 e. The van der Waals surface area contributed by atoms with Crippen LogP contribution in [-0.2, 0) is 9.59 Å². The summed E-state index contributed by atoms with van der Waals surface area (Å²) in [5.41, 5.74) is 0. The van der Waals surface area contributed by atoms with Gasteiger partial charge >= 0.3 is 0 Å². The number of Topliss-reactive ketones (excluding diaryl/α,β-unsaturated/α-hetero) is 1. The van der Waals surface area contributed by atoms with Crippen LogP contribution < -0.4 is 0 Å². The molecule has 2 aliphatic rings. The van der Waals surface area contributed by atoms with Crippen LogP contribution in [0.15, 0.2) is 0 Å².